The van der Waals surface area contributed by atoms with Crippen molar-refractivity contribution in [1.82, 2.24) is 4.90 Å². The van der Waals surface area contributed by atoms with E-state index in [0.29, 0.717) is 12.5 Å². The Kier molecular flexibility index (Phi) is 7.95. The van der Waals surface area contributed by atoms with Crippen LogP contribution in [-0.2, 0) is 6.54 Å². The second-order valence-electron chi connectivity index (χ2n) is 7.22. The maximum absolute atomic E-state index is 10.4. The first-order chi connectivity index (χ1) is 12.5. The van der Waals surface area contributed by atoms with Gasteiger partial charge >= 0.3 is 0 Å². The molecule has 1 atom stereocenters. The summed E-state index contributed by atoms with van der Waals surface area (Å²) in [7, 11) is 1.64. The number of hydrogen-bond donors (Lipinski definition) is 1. The van der Waals surface area contributed by atoms with Gasteiger partial charge in [-0.25, -0.2) is 0 Å². The molecular weight excluding hydrogens is 326 g/mol. The fourth-order valence-corrected chi connectivity index (χ4v) is 3.00. The van der Waals surface area contributed by atoms with Crippen LogP contribution in [-0.4, -0.2) is 42.9 Å². The third-order valence-corrected chi connectivity index (χ3v) is 4.08. The van der Waals surface area contributed by atoms with E-state index in [4.69, 9.17) is 9.47 Å². The average molecular weight is 357 g/mol. The predicted molar refractivity (Wildman–Crippen MR) is 106 cm³/mol. The minimum Gasteiger partial charge on any atom is -0.497 e. The second kappa shape index (κ2) is 10.2. The first kappa shape index (κ1) is 20.3. The highest BCUT2D eigenvalue weighted by atomic mass is 16.5. The van der Waals surface area contributed by atoms with Crippen LogP contribution in [0, 0.1) is 12.8 Å². The Morgan fingerprint density at radius 3 is 2.31 bits per heavy atom. The maximum Gasteiger partial charge on any atom is 0.119 e. The molecule has 0 radical (unpaired) electrons. The molecule has 26 heavy (non-hydrogen) atoms. The van der Waals surface area contributed by atoms with Gasteiger partial charge in [0.15, 0.2) is 0 Å². The van der Waals surface area contributed by atoms with Crippen molar-refractivity contribution in [3.8, 4) is 11.5 Å². The van der Waals surface area contributed by atoms with E-state index in [1.807, 2.05) is 24.3 Å². The van der Waals surface area contributed by atoms with Gasteiger partial charge in [-0.05, 0) is 42.7 Å². The van der Waals surface area contributed by atoms with Gasteiger partial charge in [0.25, 0.3) is 0 Å². The minimum atomic E-state index is -0.541. The molecule has 0 fully saturated rings. The Labute approximate surface area is 157 Å². The first-order valence-corrected chi connectivity index (χ1v) is 9.19. The maximum atomic E-state index is 10.4. The van der Waals surface area contributed by atoms with E-state index in [0.717, 1.165) is 24.6 Å². The van der Waals surface area contributed by atoms with Gasteiger partial charge in [0.2, 0.25) is 0 Å². The Bertz CT molecular complexity index is 655. The summed E-state index contributed by atoms with van der Waals surface area (Å²) in [6, 6.07) is 15.9. The normalized spacial score (nSPS) is 12.4. The smallest absolute Gasteiger partial charge is 0.119 e. The third kappa shape index (κ3) is 7.06. The number of hydrogen-bond acceptors (Lipinski definition) is 4. The van der Waals surface area contributed by atoms with Crippen molar-refractivity contribution >= 4 is 0 Å². The Morgan fingerprint density at radius 2 is 1.69 bits per heavy atom. The van der Waals surface area contributed by atoms with Crippen molar-refractivity contribution < 1.29 is 14.6 Å². The summed E-state index contributed by atoms with van der Waals surface area (Å²) < 4.78 is 10.8. The SMILES string of the molecule is COc1ccc(OC[C@@H](O)CN(Cc2cccc(C)c2)CC(C)C)cc1. The van der Waals surface area contributed by atoms with Gasteiger partial charge in [-0.1, -0.05) is 43.7 Å². The lowest BCUT2D eigenvalue weighted by molar-refractivity contribution is 0.0615. The molecule has 0 saturated heterocycles. The molecule has 4 nitrogen and oxygen atoms in total. The van der Waals surface area contributed by atoms with E-state index in [1.54, 1.807) is 7.11 Å². The molecule has 0 amide bonds. The van der Waals surface area contributed by atoms with E-state index in [1.165, 1.54) is 11.1 Å². The molecule has 0 spiro atoms. The quantitative estimate of drug-likeness (QED) is 0.700. The van der Waals surface area contributed by atoms with E-state index >= 15 is 0 Å². The van der Waals surface area contributed by atoms with E-state index < -0.39 is 6.10 Å². The van der Waals surface area contributed by atoms with Crippen molar-refractivity contribution in [2.45, 2.75) is 33.4 Å². The Hall–Kier alpha value is -2.04. The lowest BCUT2D eigenvalue weighted by Crippen LogP contribution is -2.37. The molecule has 0 aromatic heterocycles. The number of aryl methyl sites for hydroxylation is 1. The molecule has 142 valence electrons. The summed E-state index contributed by atoms with van der Waals surface area (Å²) in [5, 5.41) is 10.4. The molecular formula is C22H31NO3. The predicted octanol–water partition coefficient (Wildman–Crippen LogP) is 3.90. The molecule has 0 unspecified atom stereocenters. The minimum absolute atomic E-state index is 0.273. The van der Waals surface area contributed by atoms with E-state index in [2.05, 4.69) is 49.9 Å². The highest BCUT2D eigenvalue weighted by molar-refractivity contribution is 5.31. The van der Waals surface area contributed by atoms with Gasteiger partial charge in [0, 0.05) is 19.6 Å². The van der Waals surface area contributed by atoms with Gasteiger partial charge < -0.3 is 14.6 Å². The van der Waals surface area contributed by atoms with Gasteiger partial charge in [0.05, 0.1) is 7.11 Å². The third-order valence-electron chi connectivity index (χ3n) is 4.08. The number of ether oxygens (including phenoxy) is 2. The summed E-state index contributed by atoms with van der Waals surface area (Å²) in [5.41, 5.74) is 2.53. The monoisotopic (exact) mass is 357 g/mol. The van der Waals surface area contributed by atoms with E-state index in [-0.39, 0.29) is 6.61 Å². The summed E-state index contributed by atoms with van der Waals surface area (Å²) in [6.45, 7) is 9.13. The number of aliphatic hydroxyl groups is 1. The van der Waals surface area contributed by atoms with Crippen LogP contribution in [0.15, 0.2) is 48.5 Å². The number of rotatable bonds is 10. The van der Waals surface area contributed by atoms with Crippen LogP contribution in [0.25, 0.3) is 0 Å². The molecule has 0 bridgehead atoms. The molecule has 2 aromatic rings. The highest BCUT2D eigenvalue weighted by Gasteiger charge is 2.14. The standard InChI is InChI=1S/C22H31NO3/c1-17(2)13-23(14-19-7-5-6-18(3)12-19)15-20(24)16-26-22-10-8-21(25-4)9-11-22/h5-12,17,20,24H,13-16H2,1-4H3/t20-/m0/s1. The van der Waals surface area contributed by atoms with Crippen molar-refractivity contribution in [3.63, 3.8) is 0 Å². The Morgan fingerprint density at radius 1 is 1.00 bits per heavy atom. The number of benzene rings is 2. The van der Waals surface area contributed by atoms with Crippen molar-refractivity contribution in [2.24, 2.45) is 5.92 Å². The largest absolute Gasteiger partial charge is 0.497 e. The van der Waals surface area contributed by atoms with Crippen LogP contribution in [0.2, 0.25) is 0 Å². The fraction of sp³-hybridized carbons (Fsp3) is 0.455. The Balaban J connectivity index is 1.89. The van der Waals surface area contributed by atoms with Crippen LogP contribution in [0.3, 0.4) is 0 Å². The second-order valence-corrected chi connectivity index (χ2v) is 7.22. The zero-order chi connectivity index (χ0) is 18.9. The number of aliphatic hydroxyl groups excluding tert-OH is 1. The zero-order valence-corrected chi connectivity index (χ0v) is 16.3. The molecule has 0 aliphatic heterocycles. The summed E-state index contributed by atoms with van der Waals surface area (Å²) in [5.74, 6) is 2.06. The van der Waals surface area contributed by atoms with Crippen LogP contribution in [0.4, 0.5) is 0 Å². The van der Waals surface area contributed by atoms with E-state index in [9.17, 15) is 5.11 Å². The van der Waals surface area contributed by atoms with Gasteiger partial charge in [0.1, 0.15) is 24.2 Å². The molecule has 2 aromatic carbocycles. The molecule has 2 rings (SSSR count). The summed E-state index contributed by atoms with van der Waals surface area (Å²) in [6.07, 6.45) is -0.541. The molecule has 4 heteroatoms. The van der Waals surface area contributed by atoms with Crippen molar-refractivity contribution in [1.29, 1.82) is 0 Å². The topological polar surface area (TPSA) is 41.9 Å². The molecule has 0 aliphatic rings. The molecule has 1 N–H and O–H groups in total. The molecule has 0 heterocycles. The van der Waals surface area contributed by atoms with Crippen molar-refractivity contribution in [2.75, 3.05) is 26.8 Å². The number of methoxy groups -OCH3 is 1. The summed E-state index contributed by atoms with van der Waals surface area (Å²) >= 11 is 0. The highest BCUT2D eigenvalue weighted by Crippen LogP contribution is 2.17. The molecule has 0 aliphatic carbocycles. The van der Waals surface area contributed by atoms with Crippen molar-refractivity contribution in [3.05, 3.63) is 59.7 Å². The van der Waals surface area contributed by atoms with Gasteiger partial charge in [-0.2, -0.15) is 0 Å². The lowest BCUT2D eigenvalue weighted by atomic mass is 10.1. The summed E-state index contributed by atoms with van der Waals surface area (Å²) in [4.78, 5) is 2.29. The van der Waals surface area contributed by atoms with Gasteiger partial charge in [-0.15, -0.1) is 0 Å². The van der Waals surface area contributed by atoms with Crippen LogP contribution < -0.4 is 9.47 Å². The van der Waals surface area contributed by atoms with Crippen LogP contribution >= 0.6 is 0 Å². The van der Waals surface area contributed by atoms with Crippen LogP contribution in [0.5, 0.6) is 11.5 Å². The molecule has 0 saturated carbocycles. The first-order valence-electron chi connectivity index (χ1n) is 9.19. The number of nitrogens with zero attached hydrogens (tertiary/aromatic N) is 1. The fourth-order valence-electron chi connectivity index (χ4n) is 3.00. The lowest BCUT2D eigenvalue weighted by Gasteiger charge is -2.27. The average Bonchev–Trinajstić information content (AvgIpc) is 2.60. The van der Waals surface area contributed by atoms with Gasteiger partial charge in [-0.3, -0.25) is 4.90 Å². The van der Waals surface area contributed by atoms with Crippen LogP contribution in [0.1, 0.15) is 25.0 Å². The zero-order valence-electron chi connectivity index (χ0n) is 16.3.